The van der Waals surface area contributed by atoms with Crippen molar-refractivity contribution >= 4 is 5.97 Å². The van der Waals surface area contributed by atoms with Crippen molar-refractivity contribution in [3.05, 3.63) is 30.1 Å². The predicted molar refractivity (Wildman–Crippen MR) is 43.6 cm³/mol. The van der Waals surface area contributed by atoms with Gasteiger partial charge in [-0.15, -0.1) is 0 Å². The van der Waals surface area contributed by atoms with Gasteiger partial charge in [-0.1, -0.05) is 0 Å². The molecule has 3 nitrogen and oxygen atoms in total. The van der Waals surface area contributed by atoms with Crippen molar-refractivity contribution in [3.8, 4) is 0 Å². The van der Waals surface area contributed by atoms with Crippen molar-refractivity contribution < 1.29 is 42.2 Å². The summed E-state index contributed by atoms with van der Waals surface area (Å²) in [5.74, 6) is -0.630. The van der Waals surface area contributed by atoms with Crippen LogP contribution in [0.3, 0.4) is 0 Å². The van der Waals surface area contributed by atoms with E-state index in [9.17, 15) is 4.79 Å². The second-order valence-electron chi connectivity index (χ2n) is 2.18. The second-order valence-corrected chi connectivity index (χ2v) is 2.18. The smallest absolute Gasteiger partial charge is 0.403 e. The summed E-state index contributed by atoms with van der Waals surface area (Å²) in [5, 5.41) is 0. The molecule has 0 aromatic carbocycles. The highest BCUT2D eigenvalue weighted by Crippen LogP contribution is 1.93. The van der Waals surface area contributed by atoms with Crippen molar-refractivity contribution in [3.63, 3.8) is 0 Å². The molecule has 1 aromatic rings. The zero-order chi connectivity index (χ0) is 11.5. The van der Waals surface area contributed by atoms with Gasteiger partial charge >= 0.3 is 5.97 Å². The van der Waals surface area contributed by atoms with Gasteiger partial charge in [-0.3, -0.25) is 0 Å². The molecule has 1 rings (SSSR count). The molecule has 0 saturated heterocycles. The summed E-state index contributed by atoms with van der Waals surface area (Å²) in [6.45, 7) is -0.487. The Kier molecular flexibility index (Phi) is 3.51. The number of pyridine rings is 1. The van der Waals surface area contributed by atoms with E-state index in [0.29, 0.717) is 0 Å². The standard InChI is InChI=1S/C9H12NO2.HI/c1-3-12-9(11)8-6-4-5-7-10(8)2;/h4-7H,3H2,1-2H3;1H/q+1;/p-1/i2D3;. The number of nitrogens with zero attached hydrogens (tertiary/aromatic N) is 1. The maximum Gasteiger partial charge on any atom is 0.403 e. The molecule has 72 valence electrons. The van der Waals surface area contributed by atoms with Crippen LogP contribution in [0.15, 0.2) is 24.4 Å². The van der Waals surface area contributed by atoms with Crippen LogP contribution in [0.1, 0.15) is 21.5 Å². The first-order valence-corrected chi connectivity index (χ1v) is 3.65. The summed E-state index contributed by atoms with van der Waals surface area (Å²) < 4.78 is 27.4. The monoisotopic (exact) mass is 296 g/mol. The van der Waals surface area contributed by atoms with E-state index in [1.54, 1.807) is 19.1 Å². The van der Waals surface area contributed by atoms with Gasteiger partial charge in [0, 0.05) is 12.1 Å². The molecule has 0 atom stereocenters. The van der Waals surface area contributed by atoms with E-state index in [-0.39, 0.29) is 36.3 Å². The van der Waals surface area contributed by atoms with Gasteiger partial charge in [0.15, 0.2) is 6.20 Å². The lowest BCUT2D eigenvalue weighted by atomic mass is 10.3. The number of hydrogen-bond acceptors (Lipinski definition) is 2. The van der Waals surface area contributed by atoms with Gasteiger partial charge in [0.1, 0.15) is 11.1 Å². The van der Waals surface area contributed by atoms with Gasteiger partial charge in [0.2, 0.25) is 0 Å². The Bertz CT molecular complexity index is 368. The summed E-state index contributed by atoms with van der Waals surface area (Å²) in [6, 6.07) is 4.56. The first-order valence-electron chi connectivity index (χ1n) is 5.15. The Morgan fingerprint density at radius 3 is 3.08 bits per heavy atom. The predicted octanol–water partition coefficient (Wildman–Crippen LogP) is -2.31. The van der Waals surface area contributed by atoms with Crippen molar-refractivity contribution in [1.82, 2.24) is 0 Å². The largest absolute Gasteiger partial charge is 1.00 e. The summed E-state index contributed by atoms with van der Waals surface area (Å²) in [4.78, 5) is 11.4. The average molecular weight is 296 g/mol. The second kappa shape index (κ2) is 5.90. The number of aromatic nitrogens is 1. The Morgan fingerprint density at radius 1 is 1.69 bits per heavy atom. The van der Waals surface area contributed by atoms with Crippen LogP contribution in [-0.2, 0) is 11.7 Å². The first kappa shape index (κ1) is 7.73. The fourth-order valence-electron chi connectivity index (χ4n) is 0.814. The molecule has 0 N–H and O–H groups in total. The van der Waals surface area contributed by atoms with Crippen LogP contribution < -0.4 is 28.5 Å². The van der Waals surface area contributed by atoms with Crippen molar-refractivity contribution in [2.45, 2.75) is 6.92 Å². The topological polar surface area (TPSA) is 30.2 Å². The third-order valence-electron chi connectivity index (χ3n) is 1.34. The lowest BCUT2D eigenvalue weighted by Crippen LogP contribution is -3.00. The molecule has 0 unspecified atom stereocenters. The van der Waals surface area contributed by atoms with Crippen LogP contribution >= 0.6 is 0 Å². The molecular formula is C9H12INO2. The number of esters is 1. The summed E-state index contributed by atoms with van der Waals surface area (Å²) in [7, 11) is 0. The van der Waals surface area contributed by atoms with Gasteiger partial charge in [-0.25, -0.2) is 4.79 Å². The van der Waals surface area contributed by atoms with Crippen LogP contribution in [0, 0.1) is 0 Å². The van der Waals surface area contributed by atoms with E-state index in [2.05, 4.69) is 0 Å². The zero-order valence-corrected chi connectivity index (χ0v) is 9.32. The summed E-state index contributed by atoms with van der Waals surface area (Å²) >= 11 is 0. The van der Waals surface area contributed by atoms with Crippen LogP contribution in [0.4, 0.5) is 0 Å². The van der Waals surface area contributed by atoms with Crippen LogP contribution in [0.25, 0.3) is 0 Å². The van der Waals surface area contributed by atoms with Gasteiger partial charge < -0.3 is 28.7 Å². The third-order valence-corrected chi connectivity index (χ3v) is 1.34. The number of carbonyl (C=O) groups is 1. The lowest BCUT2D eigenvalue weighted by molar-refractivity contribution is -0.674. The highest BCUT2D eigenvalue weighted by molar-refractivity contribution is 5.85. The minimum absolute atomic E-state index is 0. The highest BCUT2D eigenvalue weighted by Gasteiger charge is 2.15. The van der Waals surface area contributed by atoms with Gasteiger partial charge in [0.05, 0.1) is 6.61 Å². The quantitative estimate of drug-likeness (QED) is 0.349. The average Bonchev–Trinajstić information content (AvgIpc) is 2.17. The van der Waals surface area contributed by atoms with Crippen molar-refractivity contribution in [1.29, 1.82) is 0 Å². The van der Waals surface area contributed by atoms with Crippen LogP contribution in [0.2, 0.25) is 0 Å². The molecule has 1 aromatic heterocycles. The maximum atomic E-state index is 11.4. The molecule has 13 heavy (non-hydrogen) atoms. The SMILES string of the molecule is [2H]C([2H])([2H])[n+]1ccccc1C(=O)OCC.[I-]. The molecule has 4 heteroatoms. The number of ether oxygens (including phenoxy) is 1. The summed E-state index contributed by atoms with van der Waals surface area (Å²) in [6.07, 6.45) is 1.33. The van der Waals surface area contributed by atoms with E-state index < -0.39 is 12.9 Å². The van der Waals surface area contributed by atoms with Gasteiger partial charge in [0.25, 0.3) is 5.69 Å². The highest BCUT2D eigenvalue weighted by atomic mass is 127. The Balaban J connectivity index is 0.00000225. The van der Waals surface area contributed by atoms with E-state index in [1.807, 2.05) is 0 Å². The zero-order valence-electron chi connectivity index (χ0n) is 10.2. The fourth-order valence-corrected chi connectivity index (χ4v) is 0.814. The minimum atomic E-state index is -2.37. The third kappa shape index (κ3) is 3.30. The molecule has 0 bridgehead atoms. The van der Waals surface area contributed by atoms with Crippen molar-refractivity contribution in [2.75, 3.05) is 6.61 Å². The molecule has 0 fully saturated rings. The molecular weight excluding hydrogens is 281 g/mol. The van der Waals surface area contributed by atoms with Gasteiger partial charge in [-0.2, -0.15) is 4.57 Å². The molecule has 0 radical (unpaired) electrons. The lowest BCUT2D eigenvalue weighted by Gasteiger charge is -1.98. The number of halogens is 1. The first-order chi connectivity index (χ1) is 6.96. The molecule has 0 amide bonds. The van der Waals surface area contributed by atoms with E-state index >= 15 is 0 Å². The molecule has 0 aliphatic rings. The molecule has 0 aliphatic carbocycles. The minimum Gasteiger partial charge on any atom is -1.00 e. The normalized spacial score (nSPS) is 13.2. The molecule has 0 saturated carbocycles. The number of hydrogen-bond donors (Lipinski definition) is 0. The molecule has 0 aliphatic heterocycles. The molecule has 1 heterocycles. The Morgan fingerprint density at radius 2 is 2.46 bits per heavy atom. The van der Waals surface area contributed by atoms with E-state index in [4.69, 9.17) is 8.85 Å². The van der Waals surface area contributed by atoms with Crippen LogP contribution in [0.5, 0.6) is 0 Å². The summed E-state index contributed by atoms with van der Waals surface area (Å²) in [5.41, 5.74) is 0.0272. The number of rotatable bonds is 2. The van der Waals surface area contributed by atoms with Gasteiger partial charge in [-0.05, 0) is 13.0 Å². The number of carbonyl (C=O) groups excluding carboxylic acids is 1. The fraction of sp³-hybridized carbons (Fsp3) is 0.333. The van der Waals surface area contributed by atoms with Crippen molar-refractivity contribution in [2.24, 2.45) is 6.98 Å². The van der Waals surface area contributed by atoms with E-state index in [0.717, 1.165) is 4.57 Å². The molecule has 0 spiro atoms. The Hall–Kier alpha value is -0.650. The number of aryl methyl sites for hydroxylation is 1. The maximum absolute atomic E-state index is 11.4. The Labute approximate surface area is 99.0 Å². The van der Waals surface area contributed by atoms with E-state index in [1.165, 1.54) is 12.3 Å². The van der Waals surface area contributed by atoms with Crippen LogP contribution in [-0.4, -0.2) is 12.6 Å².